The number of piperidine rings is 1. The second kappa shape index (κ2) is 10.4. The number of carbonyl (C=O) groups is 2. The Balaban J connectivity index is 1.44. The number of hydrogen-bond donors (Lipinski definition) is 2. The van der Waals surface area contributed by atoms with Gasteiger partial charge in [0.25, 0.3) is 5.56 Å². The van der Waals surface area contributed by atoms with Crippen molar-refractivity contribution in [3.63, 3.8) is 0 Å². The number of aromatic carboxylic acids is 1. The molecule has 0 aliphatic carbocycles. The molecule has 188 valence electrons. The van der Waals surface area contributed by atoms with Gasteiger partial charge in [0.05, 0.1) is 6.54 Å². The van der Waals surface area contributed by atoms with Crippen LogP contribution >= 0.6 is 0 Å². The lowest BCUT2D eigenvalue weighted by Crippen LogP contribution is -2.38. The standard InChI is InChI=1S/C28H31N3O5/c1-28(2,3)21-11-9-19(10-12-21)20-13-14-31(23(32)15-20)16-22-29-24(27(34)35)25(26(33)30-22)36-17-18-7-5-4-6-8-18/h4-12,20H,13-17H2,1-3H3,(H,34,35)(H,29,30,33). The first kappa shape index (κ1) is 25.2. The van der Waals surface area contributed by atoms with E-state index in [1.54, 1.807) is 4.90 Å². The molecule has 0 spiro atoms. The van der Waals surface area contributed by atoms with Crippen LogP contribution in [0.15, 0.2) is 59.4 Å². The van der Waals surface area contributed by atoms with Crippen LogP contribution in [0.2, 0.25) is 0 Å². The van der Waals surface area contributed by atoms with Crippen molar-refractivity contribution in [2.45, 2.75) is 58.1 Å². The average Bonchev–Trinajstić information content (AvgIpc) is 2.84. The lowest BCUT2D eigenvalue weighted by Gasteiger charge is -2.32. The minimum atomic E-state index is -1.37. The molecule has 1 atom stereocenters. The van der Waals surface area contributed by atoms with Crippen molar-refractivity contribution in [2.24, 2.45) is 0 Å². The molecule has 0 saturated carbocycles. The average molecular weight is 490 g/mol. The van der Waals surface area contributed by atoms with E-state index in [2.05, 4.69) is 55.0 Å². The maximum absolute atomic E-state index is 12.9. The van der Waals surface area contributed by atoms with Gasteiger partial charge < -0.3 is 19.7 Å². The van der Waals surface area contributed by atoms with E-state index in [9.17, 15) is 19.5 Å². The number of nitrogens with zero attached hydrogens (tertiary/aromatic N) is 2. The zero-order chi connectivity index (χ0) is 25.9. The van der Waals surface area contributed by atoms with Gasteiger partial charge in [0.1, 0.15) is 12.4 Å². The molecule has 2 heterocycles. The number of rotatable bonds is 7. The van der Waals surface area contributed by atoms with Gasteiger partial charge in [-0.2, -0.15) is 0 Å². The highest BCUT2D eigenvalue weighted by atomic mass is 16.5. The predicted molar refractivity (Wildman–Crippen MR) is 135 cm³/mol. The van der Waals surface area contributed by atoms with Gasteiger partial charge >= 0.3 is 5.97 Å². The van der Waals surface area contributed by atoms with Gasteiger partial charge in [0.15, 0.2) is 5.69 Å². The minimum absolute atomic E-state index is 0.0308. The number of nitrogens with one attached hydrogen (secondary N) is 1. The van der Waals surface area contributed by atoms with Crippen LogP contribution in [0.4, 0.5) is 0 Å². The maximum atomic E-state index is 12.9. The van der Waals surface area contributed by atoms with E-state index in [1.807, 2.05) is 30.3 Å². The fraction of sp³-hybridized carbons (Fsp3) is 0.357. The summed E-state index contributed by atoms with van der Waals surface area (Å²) in [6, 6.07) is 17.6. The fourth-order valence-corrected chi connectivity index (χ4v) is 4.36. The Labute approximate surface area is 210 Å². The Morgan fingerprint density at radius 3 is 2.42 bits per heavy atom. The van der Waals surface area contributed by atoms with Crippen LogP contribution in [0.25, 0.3) is 0 Å². The SMILES string of the molecule is CC(C)(C)c1ccc(C2CCN(Cc3nc(C(=O)O)c(OCc4ccccc4)c(=O)[nH]3)C(=O)C2)cc1. The van der Waals surface area contributed by atoms with Gasteiger partial charge in [-0.15, -0.1) is 0 Å². The number of H-pyrrole nitrogens is 1. The number of likely N-dealkylation sites (tertiary alicyclic amines) is 1. The van der Waals surface area contributed by atoms with Crippen molar-refractivity contribution in [1.82, 2.24) is 14.9 Å². The van der Waals surface area contributed by atoms with Gasteiger partial charge in [-0.25, -0.2) is 9.78 Å². The zero-order valence-corrected chi connectivity index (χ0v) is 20.8. The molecule has 2 aromatic carbocycles. The van der Waals surface area contributed by atoms with Gasteiger partial charge in [-0.3, -0.25) is 9.59 Å². The fourth-order valence-electron chi connectivity index (χ4n) is 4.36. The lowest BCUT2D eigenvalue weighted by molar-refractivity contribution is -0.134. The molecule has 1 aliphatic rings. The zero-order valence-electron chi connectivity index (χ0n) is 20.8. The molecule has 3 aromatic rings. The van der Waals surface area contributed by atoms with Crippen LogP contribution in [0.3, 0.4) is 0 Å². The first-order valence-electron chi connectivity index (χ1n) is 12.0. The molecule has 0 bridgehead atoms. The van der Waals surface area contributed by atoms with E-state index in [4.69, 9.17) is 4.74 Å². The van der Waals surface area contributed by atoms with Crippen molar-refractivity contribution < 1.29 is 19.4 Å². The van der Waals surface area contributed by atoms with Crippen molar-refractivity contribution in [2.75, 3.05) is 6.54 Å². The minimum Gasteiger partial charge on any atom is -0.481 e. The first-order valence-corrected chi connectivity index (χ1v) is 12.0. The van der Waals surface area contributed by atoms with E-state index in [1.165, 1.54) is 5.56 Å². The third-order valence-electron chi connectivity index (χ3n) is 6.46. The highest BCUT2D eigenvalue weighted by Gasteiger charge is 2.28. The monoisotopic (exact) mass is 489 g/mol. The van der Waals surface area contributed by atoms with Crippen LogP contribution in [0.1, 0.15) is 72.5 Å². The Hall–Kier alpha value is -3.94. The molecular weight excluding hydrogens is 458 g/mol. The molecule has 8 heteroatoms. The third-order valence-corrected chi connectivity index (χ3v) is 6.46. The topological polar surface area (TPSA) is 113 Å². The highest BCUT2D eigenvalue weighted by molar-refractivity contribution is 5.88. The predicted octanol–water partition coefficient (Wildman–Crippen LogP) is 4.25. The number of amides is 1. The number of aromatic nitrogens is 2. The molecule has 36 heavy (non-hydrogen) atoms. The molecule has 1 saturated heterocycles. The summed E-state index contributed by atoms with van der Waals surface area (Å²) in [7, 11) is 0. The Kier molecular flexibility index (Phi) is 7.24. The van der Waals surface area contributed by atoms with Crippen molar-refractivity contribution in [3.8, 4) is 5.75 Å². The van der Waals surface area contributed by atoms with Crippen LogP contribution in [0.5, 0.6) is 5.75 Å². The van der Waals surface area contributed by atoms with Gasteiger partial charge in [0, 0.05) is 13.0 Å². The number of carboxylic acid groups (broad SMARTS) is 1. The number of ether oxygens (including phenoxy) is 1. The molecule has 1 aliphatic heterocycles. The van der Waals surface area contributed by atoms with E-state index >= 15 is 0 Å². The summed E-state index contributed by atoms with van der Waals surface area (Å²) < 4.78 is 5.51. The summed E-state index contributed by atoms with van der Waals surface area (Å²) in [4.78, 5) is 45.7. The number of aromatic amines is 1. The molecule has 1 aromatic heterocycles. The van der Waals surface area contributed by atoms with Crippen LogP contribution in [0, 0.1) is 0 Å². The molecule has 8 nitrogen and oxygen atoms in total. The second-order valence-electron chi connectivity index (χ2n) is 10.1. The number of benzene rings is 2. The summed E-state index contributed by atoms with van der Waals surface area (Å²) in [5.74, 6) is -1.54. The van der Waals surface area contributed by atoms with Crippen LogP contribution < -0.4 is 10.3 Å². The Morgan fingerprint density at radius 1 is 1.11 bits per heavy atom. The van der Waals surface area contributed by atoms with Gasteiger partial charge in [0.2, 0.25) is 11.7 Å². The summed E-state index contributed by atoms with van der Waals surface area (Å²) in [5.41, 5.74) is 2.09. The summed E-state index contributed by atoms with van der Waals surface area (Å²) in [6.45, 7) is 7.06. The third kappa shape index (κ3) is 5.82. The van der Waals surface area contributed by atoms with E-state index in [-0.39, 0.29) is 42.0 Å². The summed E-state index contributed by atoms with van der Waals surface area (Å²) in [6.07, 6.45) is 1.12. The van der Waals surface area contributed by atoms with Crippen LogP contribution in [-0.4, -0.2) is 38.4 Å². The molecule has 2 N–H and O–H groups in total. The normalized spacial score (nSPS) is 16.1. The van der Waals surface area contributed by atoms with E-state index in [0.29, 0.717) is 13.0 Å². The molecule has 1 fully saturated rings. The lowest BCUT2D eigenvalue weighted by atomic mass is 9.83. The largest absolute Gasteiger partial charge is 0.481 e. The Morgan fingerprint density at radius 2 is 1.81 bits per heavy atom. The molecular formula is C28H31N3O5. The highest BCUT2D eigenvalue weighted by Crippen LogP contribution is 2.31. The Bertz CT molecular complexity index is 1290. The molecule has 1 amide bonds. The van der Waals surface area contributed by atoms with Crippen LogP contribution in [-0.2, 0) is 23.4 Å². The molecule has 0 radical (unpaired) electrons. The smallest absolute Gasteiger partial charge is 0.358 e. The number of carboxylic acids is 1. The quantitative estimate of drug-likeness (QED) is 0.513. The second-order valence-corrected chi connectivity index (χ2v) is 10.1. The van der Waals surface area contributed by atoms with Crippen molar-refractivity contribution in [3.05, 3.63) is 93.2 Å². The number of hydrogen-bond acceptors (Lipinski definition) is 5. The summed E-state index contributed by atoms with van der Waals surface area (Å²) >= 11 is 0. The van der Waals surface area contributed by atoms with Gasteiger partial charge in [-0.1, -0.05) is 75.4 Å². The van der Waals surface area contributed by atoms with E-state index in [0.717, 1.165) is 17.5 Å². The maximum Gasteiger partial charge on any atom is 0.358 e. The first-order chi connectivity index (χ1) is 17.1. The van der Waals surface area contributed by atoms with E-state index < -0.39 is 17.2 Å². The van der Waals surface area contributed by atoms with Crippen molar-refractivity contribution >= 4 is 11.9 Å². The van der Waals surface area contributed by atoms with Crippen molar-refractivity contribution in [1.29, 1.82) is 0 Å². The molecule has 4 rings (SSSR count). The molecule has 1 unspecified atom stereocenters. The summed E-state index contributed by atoms with van der Waals surface area (Å²) in [5, 5.41) is 9.62. The van der Waals surface area contributed by atoms with Gasteiger partial charge in [-0.05, 0) is 34.4 Å². The number of carbonyl (C=O) groups excluding carboxylic acids is 1.